The maximum absolute atomic E-state index is 13.1. The van der Waals surface area contributed by atoms with Crippen molar-refractivity contribution < 1.29 is 14.4 Å². The summed E-state index contributed by atoms with van der Waals surface area (Å²) in [5, 5.41) is 0.459. The number of anilines is 1. The summed E-state index contributed by atoms with van der Waals surface area (Å²) in [6.45, 7) is 0.219. The van der Waals surface area contributed by atoms with Crippen LogP contribution in [0.25, 0.3) is 5.53 Å². The number of para-hydroxylation sites is 1. The van der Waals surface area contributed by atoms with E-state index in [1.807, 2.05) is 36.4 Å². The molecule has 3 aromatic carbocycles. The highest BCUT2D eigenvalue weighted by Crippen LogP contribution is 2.18. The summed E-state index contributed by atoms with van der Waals surface area (Å²) in [6, 6.07) is 24.3. The molecule has 0 unspecified atom stereocenters. The summed E-state index contributed by atoms with van der Waals surface area (Å²) in [4.78, 5) is 30.3. The molecule has 0 aliphatic rings. The number of amides is 1. The summed E-state index contributed by atoms with van der Waals surface area (Å²) in [5.74, 6) is -1.38. The first-order valence-electron chi connectivity index (χ1n) is 8.53. The van der Waals surface area contributed by atoms with Crippen molar-refractivity contribution in [2.45, 2.75) is 6.54 Å². The van der Waals surface area contributed by atoms with Gasteiger partial charge in [-0.1, -0.05) is 60.1 Å². The predicted molar refractivity (Wildman–Crippen MR) is 108 cm³/mol. The number of rotatable bonds is 6. The maximum Gasteiger partial charge on any atom is 0.427 e. The molecule has 0 aliphatic heterocycles. The molecule has 0 N–H and O–H groups in total. The lowest BCUT2D eigenvalue weighted by molar-refractivity contribution is -0.116. The van der Waals surface area contributed by atoms with Crippen LogP contribution in [0.15, 0.2) is 84.9 Å². The van der Waals surface area contributed by atoms with Gasteiger partial charge in [0.15, 0.2) is 0 Å². The van der Waals surface area contributed by atoms with Gasteiger partial charge in [0.25, 0.3) is 5.78 Å². The summed E-state index contributed by atoms with van der Waals surface area (Å²) in [6.07, 6.45) is 0. The van der Waals surface area contributed by atoms with Crippen LogP contribution in [-0.2, 0) is 11.3 Å². The van der Waals surface area contributed by atoms with E-state index in [1.54, 1.807) is 24.3 Å². The molecule has 1 amide bonds. The molecule has 0 fully saturated rings. The average molecular weight is 390 g/mol. The largest absolute Gasteiger partial charge is 0.427 e. The van der Waals surface area contributed by atoms with Crippen molar-refractivity contribution in [3.63, 3.8) is 0 Å². The van der Waals surface area contributed by atoms with Crippen LogP contribution in [-0.4, -0.2) is 22.2 Å². The van der Waals surface area contributed by atoms with E-state index in [9.17, 15) is 15.1 Å². The molecule has 138 valence electrons. The van der Waals surface area contributed by atoms with Crippen molar-refractivity contribution in [2.75, 3.05) is 4.90 Å². The van der Waals surface area contributed by atoms with Gasteiger partial charge in [-0.2, -0.15) is 4.79 Å². The van der Waals surface area contributed by atoms with E-state index < -0.39 is 17.4 Å². The number of nitrogens with zero attached hydrogens (tertiary/aromatic N) is 3. The minimum atomic E-state index is -0.697. The third-order valence-corrected chi connectivity index (χ3v) is 4.37. The average Bonchev–Trinajstić information content (AvgIpc) is 2.74. The zero-order chi connectivity index (χ0) is 19.9. The number of hydrogen-bond donors (Lipinski definition) is 0. The molecule has 3 aromatic rings. The summed E-state index contributed by atoms with van der Waals surface area (Å²) in [7, 11) is 0. The second kappa shape index (κ2) is 8.91. The van der Waals surface area contributed by atoms with Crippen molar-refractivity contribution in [1.82, 2.24) is 0 Å². The molecule has 0 saturated heterocycles. The first kappa shape index (κ1) is 19.2. The Hall–Kier alpha value is -3.53. The molecule has 0 atom stereocenters. The molecule has 0 aliphatic carbocycles. The lowest BCUT2D eigenvalue weighted by atomic mass is 10.1. The summed E-state index contributed by atoms with van der Waals surface area (Å²) >= 11 is 5.85. The van der Waals surface area contributed by atoms with E-state index in [1.165, 1.54) is 29.2 Å². The number of carbonyl (C=O) groups excluding carboxylic acids is 2. The maximum atomic E-state index is 13.1. The highest BCUT2D eigenvalue weighted by molar-refractivity contribution is 6.68. The molecule has 5 nitrogen and oxygen atoms in total. The molecule has 0 aromatic heterocycles. The van der Waals surface area contributed by atoms with E-state index in [0.717, 1.165) is 5.56 Å². The zero-order valence-corrected chi connectivity index (χ0v) is 15.6. The Morgan fingerprint density at radius 1 is 0.857 bits per heavy atom. The van der Waals surface area contributed by atoms with Crippen LogP contribution in [0.5, 0.6) is 0 Å². The van der Waals surface area contributed by atoms with Crippen molar-refractivity contribution in [1.29, 1.82) is 0 Å². The second-order valence-electron chi connectivity index (χ2n) is 6.00. The highest BCUT2D eigenvalue weighted by atomic mass is 35.5. The number of halogens is 1. The fourth-order valence-electron chi connectivity index (χ4n) is 2.71. The van der Waals surface area contributed by atoms with Gasteiger partial charge in [-0.3, -0.25) is 14.5 Å². The van der Waals surface area contributed by atoms with E-state index in [2.05, 4.69) is 4.79 Å². The van der Waals surface area contributed by atoms with Crippen molar-refractivity contribution in [2.24, 2.45) is 0 Å². The number of carbonyl (C=O) groups is 2. The molecule has 0 radical (unpaired) electrons. The first-order valence-corrected chi connectivity index (χ1v) is 8.91. The monoisotopic (exact) mass is 389 g/mol. The summed E-state index contributed by atoms with van der Waals surface area (Å²) < 4.78 is 0. The van der Waals surface area contributed by atoms with Crippen LogP contribution in [0.2, 0.25) is 5.02 Å². The quantitative estimate of drug-likeness (QED) is 0.206. The van der Waals surface area contributed by atoms with Crippen LogP contribution in [0.1, 0.15) is 15.9 Å². The Bertz CT molecular complexity index is 1030. The topological polar surface area (TPSA) is 73.8 Å². The van der Waals surface area contributed by atoms with Crippen LogP contribution in [0, 0.1) is 0 Å². The van der Waals surface area contributed by atoms with Crippen molar-refractivity contribution in [3.8, 4) is 0 Å². The molecule has 0 spiro atoms. The van der Waals surface area contributed by atoms with Gasteiger partial charge in [-0.15, -0.1) is 0 Å². The number of hydrogen-bond acceptors (Lipinski definition) is 2. The lowest BCUT2D eigenvalue weighted by Crippen LogP contribution is -2.40. The van der Waals surface area contributed by atoms with E-state index in [-0.39, 0.29) is 12.1 Å². The van der Waals surface area contributed by atoms with Crippen LogP contribution in [0.3, 0.4) is 0 Å². The smallest absolute Gasteiger partial charge is 0.360 e. The Morgan fingerprint density at radius 2 is 1.43 bits per heavy atom. The molecular weight excluding hydrogens is 374 g/mol. The minimum absolute atomic E-state index is 0.207. The summed E-state index contributed by atoms with van der Waals surface area (Å²) in [5.41, 5.74) is 10.5. The fourth-order valence-corrected chi connectivity index (χ4v) is 2.83. The van der Waals surface area contributed by atoms with Gasteiger partial charge in [0.1, 0.15) is 0 Å². The SMILES string of the molecule is [N-]=[N+]=C(C(=O)c1ccc(Cl)cc1)C(=O)N(Cc1ccccc1)c1ccccc1. The van der Waals surface area contributed by atoms with E-state index >= 15 is 0 Å². The molecule has 0 saturated carbocycles. The van der Waals surface area contributed by atoms with Crippen LogP contribution >= 0.6 is 11.6 Å². The van der Waals surface area contributed by atoms with Gasteiger partial charge < -0.3 is 5.53 Å². The van der Waals surface area contributed by atoms with Gasteiger partial charge in [-0.05, 0) is 42.0 Å². The van der Waals surface area contributed by atoms with E-state index in [0.29, 0.717) is 10.7 Å². The molecule has 0 heterocycles. The number of ketones is 1. The Morgan fingerprint density at radius 3 is 2.00 bits per heavy atom. The number of Topliss-reactive ketones (excluding diaryl/α,β-unsaturated/α-hetero) is 1. The van der Waals surface area contributed by atoms with Crippen molar-refractivity contribution in [3.05, 3.63) is 107 Å². The van der Waals surface area contributed by atoms with Gasteiger partial charge in [0.05, 0.1) is 6.54 Å². The third kappa shape index (κ3) is 4.41. The minimum Gasteiger partial charge on any atom is -0.360 e. The van der Waals surface area contributed by atoms with Gasteiger partial charge >= 0.3 is 11.6 Å². The highest BCUT2D eigenvalue weighted by Gasteiger charge is 2.35. The number of benzene rings is 3. The zero-order valence-electron chi connectivity index (χ0n) is 14.8. The molecule has 6 heteroatoms. The fraction of sp³-hybridized carbons (Fsp3) is 0.0455. The predicted octanol–water partition coefficient (Wildman–Crippen LogP) is 4.43. The van der Waals surface area contributed by atoms with Gasteiger partial charge in [-0.25, -0.2) is 0 Å². The van der Waals surface area contributed by atoms with Gasteiger partial charge in [0.2, 0.25) is 0 Å². The Kier molecular flexibility index (Phi) is 6.12. The van der Waals surface area contributed by atoms with Crippen molar-refractivity contribution >= 4 is 34.7 Å². The molecule has 0 bridgehead atoms. The Balaban J connectivity index is 1.96. The Labute approximate surface area is 167 Å². The standard InChI is InChI=1S/C22H16ClN3O2/c23-18-13-11-17(12-14-18)21(27)20(25-24)22(28)26(19-9-5-2-6-10-19)15-16-7-3-1-4-8-16/h1-14H,15H2. The molecule has 28 heavy (non-hydrogen) atoms. The third-order valence-electron chi connectivity index (χ3n) is 4.12. The second-order valence-corrected chi connectivity index (χ2v) is 6.43. The molecule has 3 rings (SSSR count). The van der Waals surface area contributed by atoms with Crippen LogP contribution < -0.4 is 4.90 Å². The lowest BCUT2D eigenvalue weighted by Gasteiger charge is -2.21. The van der Waals surface area contributed by atoms with E-state index in [4.69, 9.17) is 11.6 Å². The normalized spacial score (nSPS) is 10.0. The first-order chi connectivity index (χ1) is 13.6. The van der Waals surface area contributed by atoms with Gasteiger partial charge in [0, 0.05) is 16.3 Å². The molecular formula is C22H16ClN3O2. The van der Waals surface area contributed by atoms with Crippen LogP contribution in [0.4, 0.5) is 5.69 Å².